The number of halogens is 3. The first-order valence-electron chi connectivity index (χ1n) is 5.74. The zero-order chi connectivity index (χ0) is 12.4. The highest BCUT2D eigenvalue weighted by atomic mass is 19.4. The van der Waals surface area contributed by atoms with E-state index in [2.05, 4.69) is 5.32 Å². The fraction of sp³-hybridized carbons (Fsp3) is 1.00. The predicted octanol–water partition coefficient (Wildman–Crippen LogP) is 2.47. The van der Waals surface area contributed by atoms with Crippen LogP contribution in [0.2, 0.25) is 0 Å². The Hall–Kier alpha value is -0.290. The van der Waals surface area contributed by atoms with Gasteiger partial charge in [-0.15, -0.1) is 0 Å². The molecule has 0 heterocycles. The van der Waals surface area contributed by atoms with Gasteiger partial charge in [-0.2, -0.15) is 13.2 Å². The molecule has 0 aliphatic heterocycles. The number of hydrogen-bond acceptors (Lipinski definition) is 2. The van der Waals surface area contributed by atoms with Crippen LogP contribution >= 0.6 is 0 Å². The Morgan fingerprint density at radius 2 is 1.81 bits per heavy atom. The van der Waals surface area contributed by atoms with Crippen LogP contribution in [0.1, 0.15) is 39.5 Å². The monoisotopic (exact) mass is 239 g/mol. The molecule has 0 aromatic carbocycles. The minimum atomic E-state index is -4.08. The van der Waals surface area contributed by atoms with E-state index in [9.17, 15) is 18.3 Å². The quantitative estimate of drug-likeness (QED) is 0.793. The van der Waals surface area contributed by atoms with Crippen LogP contribution in [0.25, 0.3) is 0 Å². The van der Waals surface area contributed by atoms with Crippen LogP contribution in [-0.2, 0) is 0 Å². The van der Waals surface area contributed by atoms with E-state index in [0.717, 1.165) is 0 Å². The lowest BCUT2D eigenvalue weighted by Crippen LogP contribution is -2.54. The Morgan fingerprint density at radius 3 is 2.12 bits per heavy atom. The van der Waals surface area contributed by atoms with E-state index < -0.39 is 17.6 Å². The Labute approximate surface area is 94.2 Å². The minimum absolute atomic E-state index is 0.0875. The first-order valence-corrected chi connectivity index (χ1v) is 5.74. The maximum absolute atomic E-state index is 12.5. The molecule has 16 heavy (non-hydrogen) atoms. The van der Waals surface area contributed by atoms with Gasteiger partial charge in [0.1, 0.15) is 0 Å². The highest BCUT2D eigenvalue weighted by Crippen LogP contribution is 2.41. The fourth-order valence-corrected chi connectivity index (χ4v) is 2.46. The van der Waals surface area contributed by atoms with Crippen LogP contribution in [0, 0.1) is 5.92 Å². The Balaban J connectivity index is 2.57. The average molecular weight is 239 g/mol. The molecule has 2 nitrogen and oxygen atoms in total. The first-order chi connectivity index (χ1) is 7.29. The van der Waals surface area contributed by atoms with Gasteiger partial charge in [0, 0.05) is 11.6 Å². The third-order valence-corrected chi connectivity index (χ3v) is 3.30. The Kier molecular flexibility index (Phi) is 4.23. The molecule has 0 aromatic rings. The van der Waals surface area contributed by atoms with E-state index in [-0.39, 0.29) is 25.5 Å². The molecule has 0 amide bonds. The SMILES string of the molecule is CC(C)NC1(CO)CCC(C(F)(F)F)CC1. The zero-order valence-electron chi connectivity index (χ0n) is 9.77. The van der Waals surface area contributed by atoms with Crippen molar-refractivity contribution < 1.29 is 18.3 Å². The van der Waals surface area contributed by atoms with Gasteiger partial charge < -0.3 is 10.4 Å². The van der Waals surface area contributed by atoms with Gasteiger partial charge in [0.2, 0.25) is 0 Å². The summed E-state index contributed by atoms with van der Waals surface area (Å²) < 4.78 is 37.4. The molecule has 0 unspecified atom stereocenters. The molecule has 0 radical (unpaired) electrons. The van der Waals surface area contributed by atoms with Crippen molar-refractivity contribution in [2.24, 2.45) is 5.92 Å². The minimum Gasteiger partial charge on any atom is -0.394 e. The van der Waals surface area contributed by atoms with Crippen LogP contribution < -0.4 is 5.32 Å². The van der Waals surface area contributed by atoms with E-state index >= 15 is 0 Å². The van der Waals surface area contributed by atoms with Crippen molar-refractivity contribution >= 4 is 0 Å². The van der Waals surface area contributed by atoms with E-state index in [0.29, 0.717) is 12.8 Å². The lowest BCUT2D eigenvalue weighted by Gasteiger charge is -2.41. The summed E-state index contributed by atoms with van der Waals surface area (Å²) >= 11 is 0. The molecule has 0 saturated heterocycles. The first kappa shape index (κ1) is 13.8. The van der Waals surface area contributed by atoms with Gasteiger partial charge in [0.25, 0.3) is 0 Å². The molecule has 0 bridgehead atoms. The summed E-state index contributed by atoms with van der Waals surface area (Å²) in [7, 11) is 0. The van der Waals surface area contributed by atoms with Crippen molar-refractivity contribution in [3.63, 3.8) is 0 Å². The van der Waals surface area contributed by atoms with Crippen molar-refractivity contribution in [2.75, 3.05) is 6.61 Å². The van der Waals surface area contributed by atoms with Crippen molar-refractivity contribution in [3.05, 3.63) is 0 Å². The Bertz CT molecular complexity index is 220. The van der Waals surface area contributed by atoms with Gasteiger partial charge in [-0.25, -0.2) is 0 Å². The average Bonchev–Trinajstić information content (AvgIpc) is 2.16. The topological polar surface area (TPSA) is 32.3 Å². The highest BCUT2D eigenvalue weighted by Gasteiger charge is 2.45. The molecule has 1 aliphatic rings. The smallest absolute Gasteiger partial charge is 0.391 e. The normalized spacial score (nSPS) is 32.1. The molecule has 5 heteroatoms. The standard InChI is InChI=1S/C11H20F3NO/c1-8(2)15-10(7-16)5-3-9(4-6-10)11(12,13)14/h8-9,15-16H,3-7H2,1-2H3. The van der Waals surface area contributed by atoms with Gasteiger partial charge in [-0.05, 0) is 25.7 Å². The molecule has 1 rings (SSSR count). The summed E-state index contributed by atoms with van der Waals surface area (Å²) in [4.78, 5) is 0. The van der Waals surface area contributed by atoms with Crippen molar-refractivity contribution in [1.29, 1.82) is 0 Å². The molecule has 1 saturated carbocycles. The van der Waals surface area contributed by atoms with Gasteiger partial charge >= 0.3 is 6.18 Å². The van der Waals surface area contributed by atoms with Crippen LogP contribution in [0.4, 0.5) is 13.2 Å². The molecule has 1 aliphatic carbocycles. The van der Waals surface area contributed by atoms with E-state index in [1.807, 2.05) is 13.8 Å². The van der Waals surface area contributed by atoms with E-state index in [1.54, 1.807) is 0 Å². The summed E-state index contributed by atoms with van der Waals surface area (Å²) in [6.07, 6.45) is -3.06. The van der Waals surface area contributed by atoms with E-state index in [4.69, 9.17) is 0 Å². The third-order valence-electron chi connectivity index (χ3n) is 3.30. The summed E-state index contributed by atoms with van der Waals surface area (Å²) in [6, 6.07) is 0.176. The van der Waals surface area contributed by atoms with Crippen LogP contribution in [0.15, 0.2) is 0 Å². The number of nitrogens with one attached hydrogen (secondary N) is 1. The zero-order valence-corrected chi connectivity index (χ0v) is 9.77. The maximum atomic E-state index is 12.5. The number of hydrogen-bond donors (Lipinski definition) is 2. The number of alkyl halides is 3. The second kappa shape index (κ2) is 4.92. The molecule has 0 spiro atoms. The maximum Gasteiger partial charge on any atom is 0.391 e. The number of aliphatic hydroxyl groups is 1. The van der Waals surface area contributed by atoms with Gasteiger partial charge in [-0.1, -0.05) is 13.8 Å². The third kappa shape index (κ3) is 3.35. The molecular formula is C11H20F3NO. The van der Waals surface area contributed by atoms with Gasteiger partial charge in [-0.3, -0.25) is 0 Å². The van der Waals surface area contributed by atoms with E-state index in [1.165, 1.54) is 0 Å². The lowest BCUT2D eigenvalue weighted by atomic mass is 9.76. The van der Waals surface area contributed by atoms with Crippen LogP contribution in [-0.4, -0.2) is 29.5 Å². The second-order valence-electron chi connectivity index (χ2n) is 5.05. The van der Waals surface area contributed by atoms with Crippen LogP contribution in [0.3, 0.4) is 0 Å². The van der Waals surface area contributed by atoms with Crippen molar-refractivity contribution in [2.45, 2.75) is 57.3 Å². The van der Waals surface area contributed by atoms with Crippen molar-refractivity contribution in [3.8, 4) is 0 Å². The molecule has 0 atom stereocenters. The van der Waals surface area contributed by atoms with Crippen LogP contribution in [0.5, 0.6) is 0 Å². The van der Waals surface area contributed by atoms with Crippen molar-refractivity contribution in [1.82, 2.24) is 5.32 Å². The summed E-state index contributed by atoms with van der Waals surface area (Å²) in [5.74, 6) is -1.19. The summed E-state index contributed by atoms with van der Waals surface area (Å²) in [5, 5.41) is 12.5. The fourth-order valence-electron chi connectivity index (χ4n) is 2.46. The lowest BCUT2D eigenvalue weighted by molar-refractivity contribution is -0.186. The van der Waals surface area contributed by atoms with Gasteiger partial charge in [0.15, 0.2) is 0 Å². The molecule has 1 fully saturated rings. The molecule has 96 valence electrons. The number of rotatable bonds is 3. The summed E-state index contributed by atoms with van der Waals surface area (Å²) in [6.45, 7) is 3.79. The predicted molar refractivity (Wildman–Crippen MR) is 56.1 cm³/mol. The second-order valence-corrected chi connectivity index (χ2v) is 5.05. The Morgan fingerprint density at radius 1 is 1.31 bits per heavy atom. The molecular weight excluding hydrogens is 219 g/mol. The number of aliphatic hydroxyl groups excluding tert-OH is 1. The van der Waals surface area contributed by atoms with Gasteiger partial charge in [0.05, 0.1) is 12.5 Å². The summed E-state index contributed by atoms with van der Waals surface area (Å²) in [5.41, 5.74) is -0.504. The molecule has 0 aromatic heterocycles. The highest BCUT2D eigenvalue weighted by molar-refractivity contribution is 4.94. The largest absolute Gasteiger partial charge is 0.394 e. The molecule has 2 N–H and O–H groups in total.